The van der Waals surface area contributed by atoms with Crippen molar-refractivity contribution < 1.29 is 19.1 Å². The summed E-state index contributed by atoms with van der Waals surface area (Å²) in [7, 11) is 1.70. The van der Waals surface area contributed by atoms with Gasteiger partial charge in [-0.05, 0) is 61.2 Å². The fourth-order valence-corrected chi connectivity index (χ4v) is 4.38. The Morgan fingerprint density at radius 1 is 1.21 bits per heavy atom. The number of hydrogen-bond acceptors (Lipinski definition) is 8. The van der Waals surface area contributed by atoms with Crippen LogP contribution in [0.5, 0.6) is 5.75 Å². The number of amidine groups is 1. The molecule has 1 saturated heterocycles. The average molecular weight is 538 g/mol. The number of aliphatic imine (C=N–C) groups is 1. The van der Waals surface area contributed by atoms with E-state index >= 15 is 0 Å². The number of aliphatic hydroxyl groups excluding tert-OH is 1. The molecule has 0 spiro atoms. The predicted octanol–water partition coefficient (Wildman–Crippen LogP) is 5.03. The summed E-state index contributed by atoms with van der Waals surface area (Å²) in [6, 6.07) is 14.2. The zero-order valence-electron chi connectivity index (χ0n) is 23.3. The molecule has 3 heterocycles. The Labute approximate surface area is 231 Å². The van der Waals surface area contributed by atoms with Gasteiger partial charge < -0.3 is 29.8 Å². The molecule has 0 bridgehead atoms. The molecule has 0 saturated carbocycles. The van der Waals surface area contributed by atoms with Gasteiger partial charge in [0.15, 0.2) is 5.84 Å². The van der Waals surface area contributed by atoms with E-state index in [9.17, 15) is 4.39 Å². The summed E-state index contributed by atoms with van der Waals surface area (Å²) < 4.78 is 17.6. The number of nitrogens with zero attached hydrogens (tertiary/aromatic N) is 4. The minimum absolute atomic E-state index is 0.114. The van der Waals surface area contributed by atoms with E-state index in [1.807, 2.05) is 33.2 Å². The summed E-state index contributed by atoms with van der Waals surface area (Å²) in [5.41, 5.74) is 4.23. The number of anilines is 1. The highest BCUT2D eigenvalue weighted by atomic mass is 19.1. The molecule has 0 aromatic heterocycles. The summed E-state index contributed by atoms with van der Waals surface area (Å²) in [6.45, 7) is 8.93. The zero-order chi connectivity index (χ0) is 28.0. The first-order chi connectivity index (χ1) is 19.1. The van der Waals surface area contributed by atoms with Crippen LogP contribution in [-0.2, 0) is 4.84 Å². The number of rotatable bonds is 7. The lowest BCUT2D eigenvalue weighted by Gasteiger charge is -2.30. The SMILES string of the molecule is CC.COc1cc(/C=C2\CCCN3C2=NO[C@H]3CNCCO)ccc1N1C=C(C)N=CC1.Fc1ccccc1. The molecule has 0 aliphatic carbocycles. The van der Waals surface area contributed by atoms with Crippen molar-refractivity contribution in [2.75, 3.05) is 44.8 Å². The first-order valence-corrected chi connectivity index (χ1v) is 13.5. The van der Waals surface area contributed by atoms with Gasteiger partial charge in [-0.25, -0.2) is 4.39 Å². The van der Waals surface area contributed by atoms with Crippen molar-refractivity contribution in [1.29, 1.82) is 0 Å². The number of piperidine rings is 1. The van der Waals surface area contributed by atoms with Gasteiger partial charge in [0.25, 0.3) is 0 Å². The van der Waals surface area contributed by atoms with Crippen LogP contribution in [0.2, 0.25) is 0 Å². The number of oxime groups is 1. The quantitative estimate of drug-likeness (QED) is 0.482. The van der Waals surface area contributed by atoms with Crippen molar-refractivity contribution in [1.82, 2.24) is 10.2 Å². The standard InChI is InChI=1S/C22H29N5O3.C6H5F.C2H6/c1-16-15-26(10-7-24-16)19-6-5-17(13-20(19)29-2)12-18-4-3-9-27-21(14-23-8-11-28)30-25-22(18)27;7-6-4-2-1-3-5-6;1-2/h5-7,12-13,15,21,23,28H,3-4,8-11,14H2,1-2H3;1-5H;1-2H3/b18-12+;;/t21-;;/m0../s1. The second-order valence-corrected chi connectivity index (χ2v) is 8.83. The molecule has 9 heteroatoms. The van der Waals surface area contributed by atoms with Crippen LogP contribution in [0.4, 0.5) is 10.1 Å². The molecule has 0 amide bonds. The normalized spacial score (nSPS) is 18.6. The molecule has 2 aromatic rings. The van der Waals surface area contributed by atoms with Gasteiger partial charge >= 0.3 is 0 Å². The number of allylic oxidation sites excluding steroid dienone is 1. The Hall–Kier alpha value is -3.69. The van der Waals surface area contributed by atoms with Crippen molar-refractivity contribution in [3.05, 3.63) is 77.4 Å². The molecule has 8 nitrogen and oxygen atoms in total. The van der Waals surface area contributed by atoms with Gasteiger partial charge in [0.1, 0.15) is 11.6 Å². The fraction of sp³-hybridized carbons (Fsp3) is 0.400. The Bertz CT molecular complexity index is 1170. The van der Waals surface area contributed by atoms with Crippen LogP contribution in [-0.4, -0.2) is 68.2 Å². The number of ether oxygens (including phenoxy) is 1. The molecular formula is C30H40FN5O3. The molecule has 0 unspecified atom stereocenters. The van der Waals surface area contributed by atoms with Crippen LogP contribution in [0.15, 0.2) is 76.1 Å². The third kappa shape index (κ3) is 8.40. The molecule has 5 rings (SSSR count). The number of fused-ring (bicyclic) bond motifs is 1. The van der Waals surface area contributed by atoms with E-state index in [2.05, 4.69) is 49.5 Å². The number of benzene rings is 2. The number of aliphatic hydroxyl groups is 1. The maximum Gasteiger partial charge on any atom is 0.213 e. The van der Waals surface area contributed by atoms with Crippen LogP contribution >= 0.6 is 0 Å². The van der Waals surface area contributed by atoms with Gasteiger partial charge in [0, 0.05) is 25.5 Å². The van der Waals surface area contributed by atoms with Gasteiger partial charge in [0.05, 0.1) is 38.2 Å². The Morgan fingerprint density at radius 2 is 2.00 bits per heavy atom. The van der Waals surface area contributed by atoms with Crippen molar-refractivity contribution in [2.45, 2.75) is 39.8 Å². The van der Waals surface area contributed by atoms with Gasteiger partial charge in [-0.1, -0.05) is 43.3 Å². The molecular weight excluding hydrogens is 497 g/mol. The predicted molar refractivity (Wildman–Crippen MR) is 157 cm³/mol. The van der Waals surface area contributed by atoms with Gasteiger partial charge in [0.2, 0.25) is 6.23 Å². The van der Waals surface area contributed by atoms with Crippen LogP contribution in [0.1, 0.15) is 39.2 Å². The topological polar surface area (TPSA) is 81.9 Å². The number of methoxy groups -OCH3 is 1. The second kappa shape index (κ2) is 15.7. The fourth-order valence-electron chi connectivity index (χ4n) is 4.38. The largest absolute Gasteiger partial charge is 0.495 e. The Kier molecular flexibility index (Phi) is 12.0. The third-order valence-electron chi connectivity index (χ3n) is 6.12. The maximum atomic E-state index is 11.9. The molecule has 3 aliphatic heterocycles. The minimum atomic E-state index is -0.178. The molecule has 3 aliphatic rings. The smallest absolute Gasteiger partial charge is 0.213 e. The van der Waals surface area contributed by atoms with Crippen molar-refractivity contribution >= 4 is 23.8 Å². The highest BCUT2D eigenvalue weighted by Crippen LogP contribution is 2.33. The van der Waals surface area contributed by atoms with Crippen LogP contribution in [0.3, 0.4) is 0 Å². The lowest BCUT2D eigenvalue weighted by Crippen LogP contribution is -2.45. The summed E-state index contributed by atoms with van der Waals surface area (Å²) in [4.78, 5) is 14.3. The maximum absolute atomic E-state index is 11.9. The van der Waals surface area contributed by atoms with E-state index in [-0.39, 0.29) is 18.7 Å². The van der Waals surface area contributed by atoms with Crippen molar-refractivity contribution in [3.8, 4) is 5.75 Å². The lowest BCUT2D eigenvalue weighted by molar-refractivity contribution is 0.0101. The van der Waals surface area contributed by atoms with Crippen LogP contribution in [0, 0.1) is 5.82 Å². The van der Waals surface area contributed by atoms with E-state index in [1.54, 1.807) is 25.3 Å². The molecule has 210 valence electrons. The molecule has 1 fully saturated rings. The monoisotopic (exact) mass is 537 g/mol. The third-order valence-corrected chi connectivity index (χ3v) is 6.12. The van der Waals surface area contributed by atoms with Gasteiger partial charge in [-0.2, -0.15) is 0 Å². The van der Waals surface area contributed by atoms with Crippen LogP contribution in [0.25, 0.3) is 6.08 Å². The summed E-state index contributed by atoms with van der Waals surface area (Å²) in [5, 5.41) is 16.5. The molecule has 39 heavy (non-hydrogen) atoms. The minimum Gasteiger partial charge on any atom is -0.495 e. The van der Waals surface area contributed by atoms with Crippen molar-refractivity contribution in [2.24, 2.45) is 10.1 Å². The zero-order valence-corrected chi connectivity index (χ0v) is 23.3. The molecule has 1 atom stereocenters. The van der Waals surface area contributed by atoms with E-state index < -0.39 is 0 Å². The van der Waals surface area contributed by atoms with Gasteiger partial charge in [-0.15, -0.1) is 0 Å². The summed E-state index contributed by atoms with van der Waals surface area (Å²) in [6.07, 6.45) is 8.00. The first kappa shape index (κ1) is 29.9. The summed E-state index contributed by atoms with van der Waals surface area (Å²) >= 11 is 0. The molecule has 0 radical (unpaired) electrons. The van der Waals surface area contributed by atoms with Crippen LogP contribution < -0.4 is 15.0 Å². The number of nitrogens with one attached hydrogen (secondary N) is 1. The highest BCUT2D eigenvalue weighted by molar-refractivity contribution is 6.03. The Balaban J connectivity index is 0.000000401. The summed E-state index contributed by atoms with van der Waals surface area (Å²) in [5.74, 6) is 1.56. The Morgan fingerprint density at radius 3 is 2.67 bits per heavy atom. The van der Waals surface area contributed by atoms with E-state index in [0.29, 0.717) is 13.1 Å². The number of halogens is 1. The van der Waals surface area contributed by atoms with E-state index in [1.165, 1.54) is 17.7 Å². The molecule has 2 N–H and O–H groups in total. The van der Waals surface area contributed by atoms with Gasteiger partial charge in [-0.3, -0.25) is 4.99 Å². The highest BCUT2D eigenvalue weighted by Gasteiger charge is 2.34. The van der Waals surface area contributed by atoms with Crippen molar-refractivity contribution in [3.63, 3.8) is 0 Å². The second-order valence-electron chi connectivity index (χ2n) is 8.83. The average Bonchev–Trinajstić information content (AvgIpc) is 3.39. The van der Waals surface area contributed by atoms with E-state index in [0.717, 1.165) is 54.5 Å². The van der Waals surface area contributed by atoms with E-state index in [4.69, 9.17) is 14.7 Å². The first-order valence-electron chi connectivity index (χ1n) is 13.5. The number of hydrogen-bond donors (Lipinski definition) is 2. The molecule has 2 aromatic carbocycles. The lowest BCUT2D eigenvalue weighted by atomic mass is 10.00.